The van der Waals surface area contributed by atoms with E-state index in [4.69, 9.17) is 4.74 Å². The van der Waals surface area contributed by atoms with E-state index < -0.39 is 11.9 Å². The van der Waals surface area contributed by atoms with E-state index in [1.165, 1.54) is 26.4 Å². The maximum Gasteiger partial charge on any atom is 0.309 e. The molecule has 132 valence electrons. The number of hydrogen-bond acceptors (Lipinski definition) is 5. The van der Waals surface area contributed by atoms with Crippen LogP contribution in [0.25, 0.3) is 0 Å². The lowest BCUT2D eigenvalue weighted by Gasteiger charge is -2.29. The zero-order valence-electron chi connectivity index (χ0n) is 14.1. The van der Waals surface area contributed by atoms with E-state index in [9.17, 15) is 14.7 Å². The van der Waals surface area contributed by atoms with E-state index in [1.807, 2.05) is 0 Å². The van der Waals surface area contributed by atoms with Crippen molar-refractivity contribution in [1.29, 1.82) is 0 Å². The summed E-state index contributed by atoms with van der Waals surface area (Å²) in [6.45, 7) is 6.26. The fourth-order valence-corrected chi connectivity index (χ4v) is 3.35. The lowest BCUT2D eigenvalue weighted by molar-refractivity contribution is -0.144. The van der Waals surface area contributed by atoms with Crippen molar-refractivity contribution >= 4 is 11.9 Å². The van der Waals surface area contributed by atoms with Crippen LogP contribution in [0.5, 0.6) is 0 Å². The number of hydrogen-bond donors (Lipinski definition) is 1. The van der Waals surface area contributed by atoms with Gasteiger partial charge in [-0.25, -0.2) is 0 Å². The molecule has 0 unspecified atom stereocenters. The van der Waals surface area contributed by atoms with Crippen LogP contribution >= 0.6 is 0 Å². The second kappa shape index (κ2) is 9.20. The standard InChI is InChI=1S/C16H29N3O4/c1-23-13-15(20)19-10-9-18(11-14(12-19)16(21)22)8-7-17-5-3-2-4-6-17/h14H,2-13H2,1H3,(H,21,22)/t14-/m1/s1. The van der Waals surface area contributed by atoms with Crippen LogP contribution in [0.2, 0.25) is 0 Å². The third kappa shape index (κ3) is 5.75. The number of nitrogens with zero attached hydrogens (tertiary/aromatic N) is 3. The van der Waals surface area contributed by atoms with Crippen LogP contribution in [0.4, 0.5) is 0 Å². The van der Waals surface area contributed by atoms with Gasteiger partial charge in [0, 0.05) is 46.4 Å². The van der Waals surface area contributed by atoms with Crippen molar-refractivity contribution < 1.29 is 19.4 Å². The first kappa shape index (κ1) is 18.2. The first-order valence-electron chi connectivity index (χ1n) is 8.54. The van der Waals surface area contributed by atoms with Gasteiger partial charge in [0.2, 0.25) is 5.91 Å². The minimum Gasteiger partial charge on any atom is -0.481 e. The summed E-state index contributed by atoms with van der Waals surface area (Å²) in [6, 6.07) is 0. The molecule has 0 radical (unpaired) electrons. The minimum atomic E-state index is -0.829. The van der Waals surface area contributed by atoms with Crippen LogP contribution in [0, 0.1) is 5.92 Å². The summed E-state index contributed by atoms with van der Waals surface area (Å²) in [4.78, 5) is 29.8. The van der Waals surface area contributed by atoms with Crippen molar-refractivity contribution in [3.8, 4) is 0 Å². The summed E-state index contributed by atoms with van der Waals surface area (Å²) in [6.07, 6.45) is 3.84. The molecular weight excluding hydrogens is 298 g/mol. The highest BCUT2D eigenvalue weighted by Gasteiger charge is 2.29. The Bertz CT molecular complexity index is 399. The molecule has 0 spiro atoms. The van der Waals surface area contributed by atoms with Gasteiger partial charge in [-0.1, -0.05) is 6.42 Å². The zero-order chi connectivity index (χ0) is 16.7. The van der Waals surface area contributed by atoms with Gasteiger partial charge in [-0.3, -0.25) is 14.5 Å². The summed E-state index contributed by atoms with van der Waals surface area (Å²) in [5, 5.41) is 9.42. The number of carboxylic acids is 1. The molecule has 0 aromatic carbocycles. The van der Waals surface area contributed by atoms with Crippen molar-refractivity contribution in [3.05, 3.63) is 0 Å². The molecule has 23 heavy (non-hydrogen) atoms. The number of methoxy groups -OCH3 is 1. The van der Waals surface area contributed by atoms with E-state index in [0.717, 1.165) is 32.7 Å². The molecule has 2 aliphatic heterocycles. The quantitative estimate of drug-likeness (QED) is 0.738. The number of carboxylic acid groups (broad SMARTS) is 1. The van der Waals surface area contributed by atoms with E-state index >= 15 is 0 Å². The Kier molecular flexibility index (Phi) is 7.26. The summed E-state index contributed by atoms with van der Waals surface area (Å²) in [5.74, 6) is -1.48. The predicted octanol–water partition coefficient (Wildman–Crippen LogP) is -0.0363. The second-order valence-corrected chi connectivity index (χ2v) is 6.51. The molecule has 2 heterocycles. The first-order valence-corrected chi connectivity index (χ1v) is 8.54. The molecule has 0 aromatic rings. The van der Waals surface area contributed by atoms with Gasteiger partial charge in [-0.2, -0.15) is 0 Å². The minimum absolute atomic E-state index is 0.0140. The van der Waals surface area contributed by atoms with Crippen molar-refractivity contribution in [2.75, 3.05) is 66.1 Å². The molecular formula is C16H29N3O4. The fraction of sp³-hybridized carbons (Fsp3) is 0.875. The molecule has 2 aliphatic rings. The molecule has 0 bridgehead atoms. The Labute approximate surface area is 138 Å². The number of rotatable bonds is 6. The molecule has 1 N–H and O–H groups in total. The summed E-state index contributed by atoms with van der Waals surface area (Å²) < 4.78 is 4.89. The molecule has 2 fully saturated rings. The summed E-state index contributed by atoms with van der Waals surface area (Å²) in [7, 11) is 1.48. The molecule has 1 atom stereocenters. The molecule has 7 heteroatoms. The third-order valence-electron chi connectivity index (χ3n) is 4.76. The van der Waals surface area contributed by atoms with Gasteiger partial charge in [0.1, 0.15) is 6.61 Å². The Balaban J connectivity index is 1.88. The second-order valence-electron chi connectivity index (χ2n) is 6.51. The van der Waals surface area contributed by atoms with Gasteiger partial charge in [0.15, 0.2) is 0 Å². The Morgan fingerprint density at radius 1 is 1.00 bits per heavy atom. The van der Waals surface area contributed by atoms with E-state index in [-0.39, 0.29) is 19.1 Å². The van der Waals surface area contributed by atoms with Crippen molar-refractivity contribution in [2.45, 2.75) is 19.3 Å². The highest BCUT2D eigenvalue weighted by atomic mass is 16.5. The molecule has 0 saturated carbocycles. The van der Waals surface area contributed by atoms with Crippen molar-refractivity contribution in [1.82, 2.24) is 14.7 Å². The first-order chi connectivity index (χ1) is 11.1. The Morgan fingerprint density at radius 2 is 1.70 bits per heavy atom. The van der Waals surface area contributed by atoms with Crippen LogP contribution in [0.1, 0.15) is 19.3 Å². The van der Waals surface area contributed by atoms with E-state index in [1.54, 1.807) is 4.90 Å². The lowest BCUT2D eigenvalue weighted by Crippen LogP contribution is -2.40. The van der Waals surface area contributed by atoms with Crippen LogP contribution in [-0.4, -0.2) is 97.8 Å². The van der Waals surface area contributed by atoms with Crippen LogP contribution < -0.4 is 0 Å². The highest BCUT2D eigenvalue weighted by Crippen LogP contribution is 2.12. The number of likely N-dealkylation sites (tertiary alicyclic amines) is 1. The number of ether oxygens (including phenoxy) is 1. The highest BCUT2D eigenvalue weighted by molar-refractivity contribution is 5.78. The average Bonchev–Trinajstić information content (AvgIpc) is 2.77. The molecule has 0 aromatic heterocycles. The number of piperidine rings is 1. The Hall–Kier alpha value is -1.18. The number of carbonyl (C=O) groups excluding carboxylic acids is 1. The van der Waals surface area contributed by atoms with Crippen LogP contribution in [-0.2, 0) is 14.3 Å². The summed E-state index contributed by atoms with van der Waals surface area (Å²) in [5.41, 5.74) is 0. The van der Waals surface area contributed by atoms with Crippen molar-refractivity contribution in [2.24, 2.45) is 5.92 Å². The maximum absolute atomic E-state index is 12.0. The fourth-order valence-electron chi connectivity index (χ4n) is 3.35. The van der Waals surface area contributed by atoms with Crippen LogP contribution in [0.3, 0.4) is 0 Å². The monoisotopic (exact) mass is 327 g/mol. The SMILES string of the molecule is COCC(=O)N1CCN(CCN2CCCCC2)C[C@@H](C(=O)O)C1. The normalized spacial score (nSPS) is 24.4. The lowest BCUT2D eigenvalue weighted by atomic mass is 10.1. The molecule has 1 amide bonds. The smallest absolute Gasteiger partial charge is 0.309 e. The summed E-state index contributed by atoms with van der Waals surface area (Å²) >= 11 is 0. The van der Waals surface area contributed by atoms with E-state index in [0.29, 0.717) is 13.1 Å². The van der Waals surface area contributed by atoms with Gasteiger partial charge < -0.3 is 19.6 Å². The van der Waals surface area contributed by atoms with Gasteiger partial charge in [0.05, 0.1) is 5.92 Å². The zero-order valence-corrected chi connectivity index (χ0v) is 14.1. The maximum atomic E-state index is 12.0. The molecule has 7 nitrogen and oxygen atoms in total. The molecule has 2 rings (SSSR count). The van der Waals surface area contributed by atoms with Gasteiger partial charge in [-0.05, 0) is 25.9 Å². The average molecular weight is 327 g/mol. The van der Waals surface area contributed by atoms with Gasteiger partial charge in [-0.15, -0.1) is 0 Å². The van der Waals surface area contributed by atoms with E-state index in [2.05, 4.69) is 9.80 Å². The van der Waals surface area contributed by atoms with Crippen LogP contribution in [0.15, 0.2) is 0 Å². The Morgan fingerprint density at radius 3 is 2.35 bits per heavy atom. The predicted molar refractivity (Wildman–Crippen MR) is 86.3 cm³/mol. The molecule has 2 saturated heterocycles. The van der Waals surface area contributed by atoms with Gasteiger partial charge in [0.25, 0.3) is 0 Å². The topological polar surface area (TPSA) is 73.3 Å². The van der Waals surface area contributed by atoms with Gasteiger partial charge >= 0.3 is 5.97 Å². The third-order valence-corrected chi connectivity index (χ3v) is 4.76. The number of aliphatic carboxylic acids is 1. The van der Waals surface area contributed by atoms with Crippen molar-refractivity contribution in [3.63, 3.8) is 0 Å². The number of carbonyl (C=O) groups is 2. The molecule has 0 aliphatic carbocycles. The largest absolute Gasteiger partial charge is 0.481 e. The number of amides is 1.